The first-order valence-electron chi connectivity index (χ1n) is 9.05. The van der Waals surface area contributed by atoms with E-state index in [9.17, 15) is 8.42 Å². The molecule has 26 heavy (non-hydrogen) atoms. The Balaban J connectivity index is 1.58. The average Bonchev–Trinajstić information content (AvgIpc) is 2.76. The zero-order valence-corrected chi connectivity index (χ0v) is 17.0. The van der Waals surface area contributed by atoms with Gasteiger partial charge in [-0.1, -0.05) is 12.1 Å². The van der Waals surface area contributed by atoms with Crippen molar-refractivity contribution in [2.24, 2.45) is 0 Å². The van der Waals surface area contributed by atoms with Crippen LogP contribution in [0.5, 0.6) is 5.75 Å². The number of ether oxygens (including phenoxy) is 1. The third-order valence-corrected chi connectivity index (χ3v) is 6.88. The van der Waals surface area contributed by atoms with Crippen LogP contribution in [-0.2, 0) is 19.3 Å². The van der Waals surface area contributed by atoms with E-state index in [1.54, 1.807) is 0 Å². The second kappa shape index (κ2) is 6.82. The van der Waals surface area contributed by atoms with E-state index >= 15 is 0 Å². The van der Waals surface area contributed by atoms with Gasteiger partial charge in [-0.2, -0.15) is 0 Å². The van der Waals surface area contributed by atoms with Crippen molar-refractivity contribution in [3.05, 3.63) is 24.3 Å². The summed E-state index contributed by atoms with van der Waals surface area (Å²) < 4.78 is 42.8. The van der Waals surface area contributed by atoms with Crippen molar-refractivity contribution in [2.45, 2.75) is 57.8 Å². The SMILES string of the molecule is CC1(C)OB(c2ccc(OC3CCN(S(C)(=O)=O)CC3)cc2)OC1(C)C. The number of benzene rings is 1. The van der Waals surface area contributed by atoms with Crippen LogP contribution >= 0.6 is 0 Å². The predicted octanol–water partition coefficient (Wildman–Crippen LogP) is 1.79. The Labute approximate surface area is 157 Å². The Morgan fingerprint density at radius 2 is 1.54 bits per heavy atom. The van der Waals surface area contributed by atoms with Crippen LogP contribution in [0, 0.1) is 0 Å². The molecular weight excluding hydrogens is 353 g/mol. The Kier molecular flexibility index (Phi) is 5.16. The largest absolute Gasteiger partial charge is 0.494 e. The van der Waals surface area contributed by atoms with Crippen LogP contribution in [0.4, 0.5) is 0 Å². The summed E-state index contributed by atoms with van der Waals surface area (Å²) in [5, 5.41) is 0. The minimum atomic E-state index is -3.11. The van der Waals surface area contributed by atoms with E-state index in [4.69, 9.17) is 14.0 Å². The van der Waals surface area contributed by atoms with Crippen molar-refractivity contribution in [1.29, 1.82) is 0 Å². The molecule has 0 unspecified atom stereocenters. The number of sulfonamides is 1. The zero-order valence-electron chi connectivity index (χ0n) is 16.2. The predicted molar refractivity (Wildman–Crippen MR) is 102 cm³/mol. The van der Waals surface area contributed by atoms with Crippen LogP contribution < -0.4 is 10.2 Å². The Morgan fingerprint density at radius 3 is 2.00 bits per heavy atom. The molecule has 1 aromatic rings. The molecule has 0 aliphatic carbocycles. The Morgan fingerprint density at radius 1 is 1.04 bits per heavy atom. The smallest absolute Gasteiger partial charge is 0.490 e. The van der Waals surface area contributed by atoms with Crippen molar-refractivity contribution in [3.63, 3.8) is 0 Å². The molecule has 0 aromatic heterocycles. The van der Waals surface area contributed by atoms with Crippen LogP contribution in [0.1, 0.15) is 40.5 Å². The molecule has 0 bridgehead atoms. The maximum atomic E-state index is 11.6. The third-order valence-electron chi connectivity index (χ3n) is 5.58. The van der Waals surface area contributed by atoms with Gasteiger partial charge in [-0.15, -0.1) is 0 Å². The molecule has 2 fully saturated rings. The summed E-state index contributed by atoms with van der Waals surface area (Å²) in [6.07, 6.45) is 2.69. The summed E-state index contributed by atoms with van der Waals surface area (Å²) in [6, 6.07) is 7.76. The highest BCUT2D eigenvalue weighted by Gasteiger charge is 2.51. The highest BCUT2D eigenvalue weighted by atomic mass is 32.2. The molecule has 0 spiro atoms. The second-order valence-electron chi connectivity index (χ2n) is 8.14. The number of hydrogen-bond acceptors (Lipinski definition) is 5. The molecular formula is C18H28BNO5S. The summed E-state index contributed by atoms with van der Waals surface area (Å²) in [5.74, 6) is 0.781. The van der Waals surface area contributed by atoms with Crippen molar-refractivity contribution < 1.29 is 22.5 Å². The van der Waals surface area contributed by atoms with Gasteiger partial charge in [0.05, 0.1) is 17.5 Å². The Hall–Kier alpha value is -1.09. The summed E-state index contributed by atoms with van der Waals surface area (Å²) in [6.45, 7) is 9.16. The molecule has 2 saturated heterocycles. The first kappa shape index (κ1) is 19.7. The van der Waals surface area contributed by atoms with E-state index in [1.807, 2.05) is 52.0 Å². The fourth-order valence-electron chi connectivity index (χ4n) is 3.16. The first-order chi connectivity index (χ1) is 12.0. The van der Waals surface area contributed by atoms with Gasteiger partial charge >= 0.3 is 7.12 Å². The highest BCUT2D eigenvalue weighted by Crippen LogP contribution is 2.36. The molecule has 3 rings (SSSR count). The molecule has 0 N–H and O–H groups in total. The second-order valence-corrected chi connectivity index (χ2v) is 10.1. The first-order valence-corrected chi connectivity index (χ1v) is 10.9. The number of piperidine rings is 1. The summed E-state index contributed by atoms with van der Waals surface area (Å²) in [5.41, 5.74) is 0.240. The van der Waals surface area contributed by atoms with E-state index in [-0.39, 0.29) is 24.4 Å². The van der Waals surface area contributed by atoms with Gasteiger partial charge in [0.25, 0.3) is 0 Å². The fraction of sp³-hybridized carbons (Fsp3) is 0.667. The third kappa shape index (κ3) is 4.08. The number of rotatable bonds is 4. The summed E-state index contributed by atoms with van der Waals surface area (Å²) in [4.78, 5) is 0. The van der Waals surface area contributed by atoms with Crippen LogP contribution in [0.2, 0.25) is 0 Å². The lowest BCUT2D eigenvalue weighted by molar-refractivity contribution is 0.00578. The van der Waals surface area contributed by atoms with E-state index in [0.717, 1.165) is 11.2 Å². The molecule has 0 atom stereocenters. The van der Waals surface area contributed by atoms with Crippen LogP contribution in [-0.4, -0.2) is 56.5 Å². The summed E-state index contributed by atoms with van der Waals surface area (Å²) >= 11 is 0. The van der Waals surface area contributed by atoms with Crippen LogP contribution in [0.3, 0.4) is 0 Å². The standard InChI is InChI=1S/C18H28BNO5S/c1-17(2)18(3,4)25-19(24-17)14-6-8-15(9-7-14)23-16-10-12-20(13-11-16)26(5,21)22/h6-9,16H,10-13H2,1-5H3. The summed E-state index contributed by atoms with van der Waals surface area (Å²) in [7, 11) is -3.49. The van der Waals surface area contributed by atoms with E-state index in [0.29, 0.717) is 25.9 Å². The minimum Gasteiger partial charge on any atom is -0.490 e. The lowest BCUT2D eigenvalue weighted by atomic mass is 9.79. The maximum Gasteiger partial charge on any atom is 0.494 e. The van der Waals surface area contributed by atoms with Gasteiger partial charge < -0.3 is 14.0 Å². The highest BCUT2D eigenvalue weighted by molar-refractivity contribution is 7.88. The van der Waals surface area contributed by atoms with Gasteiger partial charge in [-0.05, 0) is 58.1 Å². The minimum absolute atomic E-state index is 0.0377. The quantitative estimate of drug-likeness (QED) is 0.744. The average molecular weight is 381 g/mol. The molecule has 8 heteroatoms. The van der Waals surface area contributed by atoms with Crippen molar-refractivity contribution in [1.82, 2.24) is 4.31 Å². The van der Waals surface area contributed by atoms with Crippen molar-refractivity contribution in [3.8, 4) is 5.75 Å². The van der Waals surface area contributed by atoms with Crippen LogP contribution in [0.25, 0.3) is 0 Å². The number of nitrogens with zero attached hydrogens (tertiary/aromatic N) is 1. The van der Waals surface area contributed by atoms with E-state index in [2.05, 4.69) is 0 Å². The molecule has 2 aliphatic rings. The lowest BCUT2D eigenvalue weighted by Gasteiger charge is -2.32. The van der Waals surface area contributed by atoms with Gasteiger partial charge in [-0.25, -0.2) is 12.7 Å². The molecule has 6 nitrogen and oxygen atoms in total. The van der Waals surface area contributed by atoms with Crippen molar-refractivity contribution in [2.75, 3.05) is 19.3 Å². The lowest BCUT2D eigenvalue weighted by Crippen LogP contribution is -2.41. The topological polar surface area (TPSA) is 65.1 Å². The maximum absolute atomic E-state index is 11.6. The molecule has 0 saturated carbocycles. The molecule has 144 valence electrons. The van der Waals surface area contributed by atoms with Gasteiger partial charge in [-0.3, -0.25) is 0 Å². The van der Waals surface area contributed by atoms with E-state index in [1.165, 1.54) is 10.6 Å². The van der Waals surface area contributed by atoms with Crippen LogP contribution in [0.15, 0.2) is 24.3 Å². The normalized spacial score (nSPS) is 24.0. The fourth-order valence-corrected chi connectivity index (χ4v) is 4.03. The van der Waals surface area contributed by atoms with Gasteiger partial charge in [0.1, 0.15) is 11.9 Å². The van der Waals surface area contributed by atoms with Crippen molar-refractivity contribution >= 4 is 22.6 Å². The molecule has 2 heterocycles. The van der Waals surface area contributed by atoms with E-state index < -0.39 is 10.0 Å². The number of hydrogen-bond donors (Lipinski definition) is 0. The molecule has 2 aliphatic heterocycles. The Bertz CT molecular complexity index is 723. The van der Waals surface area contributed by atoms with Gasteiger partial charge in [0.2, 0.25) is 10.0 Å². The molecule has 0 radical (unpaired) electrons. The monoisotopic (exact) mass is 381 g/mol. The van der Waals surface area contributed by atoms with Gasteiger partial charge in [0.15, 0.2) is 0 Å². The molecule has 1 aromatic carbocycles. The molecule has 0 amide bonds. The van der Waals surface area contributed by atoms with Gasteiger partial charge in [0, 0.05) is 13.1 Å². The zero-order chi connectivity index (χ0) is 19.2.